The number of thiazole rings is 2. The molecule has 0 aromatic carbocycles. The molecule has 0 fully saturated rings. The Kier molecular flexibility index (Phi) is 5.07. The molecule has 3 aromatic heterocycles. The molecule has 0 aliphatic heterocycles. The lowest BCUT2D eigenvalue weighted by molar-refractivity contribution is -0.117. The van der Waals surface area contributed by atoms with Gasteiger partial charge in [0.2, 0.25) is 5.91 Å². The number of hydrogen-bond donors (Lipinski definition) is 1. The average molecular weight is 427 g/mol. The number of anilines is 2. The van der Waals surface area contributed by atoms with E-state index >= 15 is 0 Å². The molecule has 0 radical (unpaired) electrons. The molecule has 3 aromatic rings. The number of nitrogens with zero attached hydrogens (tertiary/aromatic N) is 3. The van der Waals surface area contributed by atoms with Gasteiger partial charge < -0.3 is 4.42 Å². The van der Waals surface area contributed by atoms with Crippen molar-refractivity contribution >= 4 is 60.7 Å². The monoisotopic (exact) mass is 426 g/mol. The standard InChI is InChI=1S/C14H11BrN4O3S2/c1-19(14-16-4-5-23-14)11(20)6-8-7-24-13(17-8)18-12(21)9-2-3-10(15)22-9/h2-5,7H,6H2,1H3,(H,17,18,21). The smallest absolute Gasteiger partial charge is 0.293 e. The van der Waals surface area contributed by atoms with Gasteiger partial charge in [-0.1, -0.05) is 0 Å². The summed E-state index contributed by atoms with van der Waals surface area (Å²) in [6, 6.07) is 3.19. The van der Waals surface area contributed by atoms with Gasteiger partial charge in [0.15, 0.2) is 20.7 Å². The second kappa shape index (κ2) is 7.24. The van der Waals surface area contributed by atoms with Crippen molar-refractivity contribution in [1.29, 1.82) is 0 Å². The number of amides is 2. The van der Waals surface area contributed by atoms with Crippen molar-refractivity contribution < 1.29 is 14.0 Å². The third kappa shape index (κ3) is 3.89. The molecule has 0 saturated heterocycles. The minimum absolute atomic E-state index is 0.122. The first-order valence-electron chi connectivity index (χ1n) is 6.70. The van der Waals surface area contributed by atoms with Gasteiger partial charge >= 0.3 is 0 Å². The highest BCUT2D eigenvalue weighted by atomic mass is 79.9. The maximum absolute atomic E-state index is 12.2. The third-order valence-electron chi connectivity index (χ3n) is 2.98. The van der Waals surface area contributed by atoms with Crippen molar-refractivity contribution in [3.63, 3.8) is 0 Å². The van der Waals surface area contributed by atoms with E-state index in [1.165, 1.54) is 27.6 Å². The van der Waals surface area contributed by atoms with Crippen LogP contribution in [0.25, 0.3) is 0 Å². The predicted molar refractivity (Wildman–Crippen MR) is 95.7 cm³/mol. The Labute approximate surface area is 153 Å². The van der Waals surface area contributed by atoms with Gasteiger partial charge in [0, 0.05) is 24.0 Å². The normalized spacial score (nSPS) is 10.6. The lowest BCUT2D eigenvalue weighted by Gasteiger charge is -2.12. The molecule has 0 aliphatic carbocycles. The van der Waals surface area contributed by atoms with Crippen LogP contribution in [-0.4, -0.2) is 28.8 Å². The van der Waals surface area contributed by atoms with E-state index in [1.54, 1.807) is 30.8 Å². The van der Waals surface area contributed by atoms with Crippen molar-refractivity contribution in [3.8, 4) is 0 Å². The Morgan fingerprint density at radius 3 is 2.88 bits per heavy atom. The summed E-state index contributed by atoms with van der Waals surface area (Å²) >= 11 is 5.78. The molecule has 10 heteroatoms. The van der Waals surface area contributed by atoms with Gasteiger partial charge in [0.05, 0.1) is 12.1 Å². The van der Waals surface area contributed by atoms with Crippen LogP contribution in [-0.2, 0) is 11.2 Å². The van der Waals surface area contributed by atoms with Crippen molar-refractivity contribution in [3.05, 3.63) is 45.2 Å². The molecule has 0 spiro atoms. The zero-order chi connectivity index (χ0) is 17.1. The molecular weight excluding hydrogens is 416 g/mol. The summed E-state index contributed by atoms with van der Waals surface area (Å²) in [7, 11) is 1.67. The van der Waals surface area contributed by atoms with Gasteiger partial charge in [-0.15, -0.1) is 22.7 Å². The average Bonchev–Trinajstić information content (AvgIpc) is 3.28. The van der Waals surface area contributed by atoms with Crippen LogP contribution in [0.2, 0.25) is 0 Å². The molecule has 124 valence electrons. The number of hydrogen-bond acceptors (Lipinski definition) is 7. The van der Waals surface area contributed by atoms with Crippen molar-refractivity contribution in [2.75, 3.05) is 17.3 Å². The summed E-state index contributed by atoms with van der Waals surface area (Å²) in [6.07, 6.45) is 1.78. The summed E-state index contributed by atoms with van der Waals surface area (Å²) in [5, 5.41) is 7.23. The number of likely N-dealkylation sites (N-methyl/N-ethyl adjacent to an activating group) is 1. The van der Waals surface area contributed by atoms with E-state index in [0.29, 0.717) is 20.6 Å². The van der Waals surface area contributed by atoms with Crippen LogP contribution in [0.5, 0.6) is 0 Å². The predicted octanol–water partition coefficient (Wildman–Crippen LogP) is 3.41. The first kappa shape index (κ1) is 16.8. The molecule has 24 heavy (non-hydrogen) atoms. The van der Waals surface area contributed by atoms with Crippen LogP contribution in [0.3, 0.4) is 0 Å². The summed E-state index contributed by atoms with van der Waals surface area (Å²) in [4.78, 5) is 34.0. The lowest BCUT2D eigenvalue weighted by atomic mass is 10.3. The number of furan rings is 1. The highest BCUT2D eigenvalue weighted by Gasteiger charge is 2.17. The molecule has 0 saturated carbocycles. The van der Waals surface area contributed by atoms with E-state index in [1.807, 2.05) is 5.38 Å². The zero-order valence-corrected chi connectivity index (χ0v) is 15.6. The number of carbonyl (C=O) groups is 2. The molecule has 2 amide bonds. The maximum atomic E-state index is 12.2. The Balaban J connectivity index is 1.61. The molecule has 0 unspecified atom stereocenters. The van der Waals surface area contributed by atoms with Gasteiger partial charge in [0.25, 0.3) is 5.91 Å². The lowest BCUT2D eigenvalue weighted by Crippen LogP contribution is -2.27. The van der Waals surface area contributed by atoms with Crippen molar-refractivity contribution in [2.45, 2.75) is 6.42 Å². The van der Waals surface area contributed by atoms with E-state index in [-0.39, 0.29) is 18.1 Å². The fourth-order valence-corrected chi connectivity index (χ4v) is 3.44. The maximum Gasteiger partial charge on any atom is 0.293 e. The Bertz CT molecular complexity index is 859. The van der Waals surface area contributed by atoms with Gasteiger partial charge in [-0.3, -0.25) is 19.8 Å². The third-order valence-corrected chi connectivity index (χ3v) is 5.06. The van der Waals surface area contributed by atoms with Crippen LogP contribution in [0.15, 0.2) is 38.2 Å². The first-order chi connectivity index (χ1) is 11.5. The molecule has 7 nitrogen and oxygen atoms in total. The SMILES string of the molecule is CN(C(=O)Cc1csc(NC(=O)c2ccc(Br)o2)n1)c1nccs1. The number of halogens is 1. The molecule has 0 bridgehead atoms. The Hall–Kier alpha value is -2.04. The number of rotatable bonds is 5. The minimum atomic E-state index is -0.396. The van der Waals surface area contributed by atoms with Crippen LogP contribution >= 0.6 is 38.6 Å². The number of aromatic nitrogens is 2. The quantitative estimate of drug-likeness (QED) is 0.674. The second-order valence-corrected chi connectivity index (χ2v) is 7.16. The summed E-state index contributed by atoms with van der Waals surface area (Å²) in [6.45, 7) is 0. The zero-order valence-electron chi connectivity index (χ0n) is 12.4. The van der Waals surface area contributed by atoms with Gasteiger partial charge in [0.1, 0.15) is 0 Å². The Morgan fingerprint density at radius 2 is 2.21 bits per heavy atom. The summed E-state index contributed by atoms with van der Waals surface area (Å²) < 4.78 is 5.65. The van der Waals surface area contributed by atoms with Crippen LogP contribution in [0.1, 0.15) is 16.2 Å². The van der Waals surface area contributed by atoms with E-state index in [2.05, 4.69) is 31.2 Å². The molecule has 3 heterocycles. The topological polar surface area (TPSA) is 88.3 Å². The molecule has 0 atom stereocenters. The van der Waals surface area contributed by atoms with E-state index < -0.39 is 5.91 Å². The summed E-state index contributed by atoms with van der Waals surface area (Å²) in [5.41, 5.74) is 0.587. The van der Waals surface area contributed by atoms with E-state index in [4.69, 9.17) is 4.42 Å². The molecule has 3 rings (SSSR count). The highest BCUT2D eigenvalue weighted by molar-refractivity contribution is 9.10. The van der Waals surface area contributed by atoms with Crippen LogP contribution < -0.4 is 10.2 Å². The fraction of sp³-hybridized carbons (Fsp3) is 0.143. The largest absolute Gasteiger partial charge is 0.444 e. The van der Waals surface area contributed by atoms with Gasteiger partial charge in [-0.05, 0) is 28.1 Å². The van der Waals surface area contributed by atoms with E-state index in [0.717, 1.165) is 0 Å². The Morgan fingerprint density at radius 1 is 1.38 bits per heavy atom. The molecular formula is C14H11BrN4O3S2. The second-order valence-electron chi connectivity index (χ2n) is 4.65. The fourth-order valence-electron chi connectivity index (χ4n) is 1.80. The number of carbonyl (C=O) groups excluding carboxylic acids is 2. The van der Waals surface area contributed by atoms with Crippen LogP contribution in [0.4, 0.5) is 10.3 Å². The van der Waals surface area contributed by atoms with E-state index in [9.17, 15) is 9.59 Å². The van der Waals surface area contributed by atoms with Gasteiger partial charge in [-0.25, -0.2) is 9.97 Å². The van der Waals surface area contributed by atoms with Crippen LogP contribution in [0, 0.1) is 0 Å². The van der Waals surface area contributed by atoms with Gasteiger partial charge in [-0.2, -0.15) is 0 Å². The molecule has 1 N–H and O–H groups in total. The highest BCUT2D eigenvalue weighted by Crippen LogP contribution is 2.21. The first-order valence-corrected chi connectivity index (χ1v) is 9.25. The minimum Gasteiger partial charge on any atom is -0.444 e. The van der Waals surface area contributed by atoms with Crippen molar-refractivity contribution in [1.82, 2.24) is 9.97 Å². The summed E-state index contributed by atoms with van der Waals surface area (Å²) in [5.74, 6) is -0.339. The number of nitrogens with one attached hydrogen (secondary N) is 1. The molecule has 0 aliphatic rings. The van der Waals surface area contributed by atoms with Crippen molar-refractivity contribution in [2.24, 2.45) is 0 Å².